The van der Waals surface area contributed by atoms with Crippen LogP contribution in [0.25, 0.3) is 11.0 Å². The molecule has 4 rings (SSSR count). The lowest BCUT2D eigenvalue weighted by Gasteiger charge is -2.12. The fraction of sp³-hybridized carbons (Fsp3) is 0.350. The van der Waals surface area contributed by atoms with Crippen molar-refractivity contribution in [2.45, 2.75) is 37.2 Å². The first-order valence-electron chi connectivity index (χ1n) is 10.0. The van der Waals surface area contributed by atoms with Gasteiger partial charge in [-0.2, -0.15) is 5.10 Å². The zero-order valence-electron chi connectivity index (χ0n) is 17.5. The van der Waals surface area contributed by atoms with E-state index < -0.39 is 31.8 Å². The van der Waals surface area contributed by atoms with Crippen molar-refractivity contribution in [3.05, 3.63) is 48.3 Å². The number of hydrogen-bond acceptors (Lipinski definition) is 7. The molecule has 1 unspecified atom stereocenters. The van der Waals surface area contributed by atoms with E-state index in [-0.39, 0.29) is 34.4 Å². The molecule has 0 spiro atoms. The van der Waals surface area contributed by atoms with Gasteiger partial charge in [-0.1, -0.05) is 6.07 Å². The maximum Gasteiger partial charge on any atom is 0.255 e. The number of pyridine rings is 1. The van der Waals surface area contributed by atoms with Crippen molar-refractivity contribution in [2.75, 3.05) is 16.8 Å². The van der Waals surface area contributed by atoms with Crippen LogP contribution in [0.2, 0.25) is 0 Å². The minimum absolute atomic E-state index is 0.0446. The average Bonchev–Trinajstić information content (AvgIpc) is 3.30. The molecule has 0 saturated carbocycles. The summed E-state index contributed by atoms with van der Waals surface area (Å²) in [5.41, 5.74) is 1.30. The van der Waals surface area contributed by atoms with Crippen LogP contribution in [0, 0.1) is 0 Å². The molecule has 1 fully saturated rings. The molecular weight excluding hydrogens is 454 g/mol. The summed E-state index contributed by atoms with van der Waals surface area (Å²) >= 11 is 0. The second-order valence-corrected chi connectivity index (χ2v) is 12.0. The number of sulfonamides is 1. The first-order chi connectivity index (χ1) is 15.0. The first-order valence-corrected chi connectivity index (χ1v) is 13.3. The van der Waals surface area contributed by atoms with Crippen LogP contribution >= 0.6 is 0 Å². The van der Waals surface area contributed by atoms with Crippen LogP contribution in [0.3, 0.4) is 0 Å². The highest BCUT2D eigenvalue weighted by Gasteiger charge is 2.31. The van der Waals surface area contributed by atoms with E-state index in [1.807, 2.05) is 13.8 Å². The number of anilines is 1. The Hall–Kier alpha value is -2.83. The molecule has 2 N–H and O–H groups in total. The Bertz CT molecular complexity index is 1400. The number of benzene rings is 1. The topological polar surface area (TPSA) is 140 Å². The summed E-state index contributed by atoms with van der Waals surface area (Å²) in [7, 11) is -7.20. The molecule has 1 aliphatic heterocycles. The molecule has 0 radical (unpaired) electrons. The predicted octanol–water partition coefficient (Wildman–Crippen LogP) is 1.73. The third-order valence-corrected chi connectivity index (χ3v) is 8.43. The van der Waals surface area contributed by atoms with Gasteiger partial charge in [-0.15, -0.1) is 0 Å². The normalized spacial score (nSPS) is 18.3. The van der Waals surface area contributed by atoms with Crippen molar-refractivity contribution in [2.24, 2.45) is 0 Å². The lowest BCUT2D eigenvalue weighted by atomic mass is 10.2. The van der Waals surface area contributed by atoms with Gasteiger partial charge in [-0.3, -0.25) is 4.79 Å². The smallest absolute Gasteiger partial charge is 0.255 e. The number of sulfone groups is 1. The Morgan fingerprint density at radius 1 is 1.22 bits per heavy atom. The van der Waals surface area contributed by atoms with Gasteiger partial charge in [-0.05, 0) is 44.5 Å². The fourth-order valence-electron chi connectivity index (χ4n) is 3.57. The van der Waals surface area contributed by atoms with E-state index in [4.69, 9.17) is 0 Å². The Morgan fingerprint density at radius 3 is 2.69 bits per heavy atom. The average molecular weight is 478 g/mol. The summed E-state index contributed by atoms with van der Waals surface area (Å²) in [6.07, 6.45) is 3.41. The quantitative estimate of drug-likeness (QED) is 0.551. The van der Waals surface area contributed by atoms with E-state index in [1.54, 1.807) is 16.9 Å². The Morgan fingerprint density at radius 2 is 2.00 bits per heavy atom. The van der Waals surface area contributed by atoms with E-state index in [0.29, 0.717) is 11.3 Å². The number of carbonyl (C=O) groups excluding carboxylic acids is 1. The Labute approximate surface area is 186 Å². The molecule has 2 aromatic heterocycles. The van der Waals surface area contributed by atoms with Crippen LogP contribution in [0.15, 0.2) is 47.6 Å². The summed E-state index contributed by atoms with van der Waals surface area (Å²) < 4.78 is 52.7. The van der Waals surface area contributed by atoms with Gasteiger partial charge in [0.2, 0.25) is 10.0 Å². The zero-order valence-corrected chi connectivity index (χ0v) is 19.1. The lowest BCUT2D eigenvalue weighted by Crippen LogP contribution is -2.35. The molecule has 10 nitrogen and oxygen atoms in total. The largest absolute Gasteiger partial charge is 0.321 e. The molecule has 170 valence electrons. The molecule has 12 heteroatoms. The second-order valence-electron chi connectivity index (χ2n) is 8.02. The number of amides is 1. The van der Waals surface area contributed by atoms with Gasteiger partial charge in [0, 0.05) is 23.0 Å². The fourth-order valence-corrected chi connectivity index (χ4v) is 6.66. The molecule has 3 aromatic rings. The molecule has 1 aromatic carbocycles. The molecule has 32 heavy (non-hydrogen) atoms. The van der Waals surface area contributed by atoms with Gasteiger partial charge in [-0.25, -0.2) is 31.2 Å². The Kier molecular flexibility index (Phi) is 5.77. The first kappa shape index (κ1) is 22.4. The highest BCUT2D eigenvalue weighted by molar-refractivity contribution is 7.92. The third-order valence-electron chi connectivity index (χ3n) is 5.14. The monoisotopic (exact) mass is 477 g/mol. The van der Waals surface area contributed by atoms with Crippen molar-refractivity contribution in [3.63, 3.8) is 0 Å². The van der Waals surface area contributed by atoms with Gasteiger partial charge < -0.3 is 5.32 Å². The van der Waals surface area contributed by atoms with Crippen LogP contribution in [-0.4, -0.2) is 55.1 Å². The Balaban J connectivity index is 1.51. The minimum Gasteiger partial charge on any atom is -0.321 e. The van der Waals surface area contributed by atoms with Crippen molar-refractivity contribution in [1.82, 2.24) is 19.5 Å². The van der Waals surface area contributed by atoms with Gasteiger partial charge in [0.25, 0.3) is 5.91 Å². The molecule has 1 amide bonds. The van der Waals surface area contributed by atoms with Crippen LogP contribution in [-0.2, 0) is 19.9 Å². The standard InChI is InChI=1S/C20H23N5O5S2/c1-13(2)25-19-15(10-22-25)8-17(11-21-19)23-20(26)14-4-3-5-18(9-14)32(29,30)24-16-6-7-31(27,28)12-16/h3-5,8-11,13,16,24H,6-7,12H2,1-2H3,(H,23,26). The molecule has 1 saturated heterocycles. The van der Waals surface area contributed by atoms with Crippen LogP contribution in [0.1, 0.15) is 36.7 Å². The van der Waals surface area contributed by atoms with Crippen LogP contribution < -0.4 is 10.0 Å². The minimum atomic E-state index is -3.97. The van der Waals surface area contributed by atoms with Gasteiger partial charge in [0.1, 0.15) is 0 Å². The molecular formula is C20H23N5O5S2. The molecule has 1 aliphatic rings. The van der Waals surface area contributed by atoms with Crippen LogP contribution in [0.5, 0.6) is 0 Å². The van der Waals surface area contributed by atoms with E-state index in [0.717, 1.165) is 5.39 Å². The number of carbonyl (C=O) groups is 1. The number of nitrogens with one attached hydrogen (secondary N) is 2. The number of fused-ring (bicyclic) bond motifs is 1. The third kappa shape index (κ3) is 4.66. The summed E-state index contributed by atoms with van der Waals surface area (Å²) in [6.45, 7) is 3.98. The predicted molar refractivity (Wildman–Crippen MR) is 120 cm³/mol. The second kappa shape index (κ2) is 8.26. The summed E-state index contributed by atoms with van der Waals surface area (Å²) in [5, 5.41) is 7.78. The van der Waals surface area contributed by atoms with E-state index in [2.05, 4.69) is 20.1 Å². The van der Waals surface area contributed by atoms with Gasteiger partial charge >= 0.3 is 0 Å². The van der Waals surface area contributed by atoms with E-state index >= 15 is 0 Å². The van der Waals surface area contributed by atoms with E-state index in [9.17, 15) is 21.6 Å². The SMILES string of the molecule is CC(C)n1ncc2cc(NC(=O)c3cccc(S(=O)(=O)NC4CCS(=O)(=O)C4)c3)cnc21. The number of aromatic nitrogens is 3. The molecule has 0 bridgehead atoms. The number of rotatable bonds is 6. The number of nitrogens with zero attached hydrogens (tertiary/aromatic N) is 3. The van der Waals surface area contributed by atoms with Crippen molar-refractivity contribution >= 4 is 42.5 Å². The number of hydrogen-bond donors (Lipinski definition) is 2. The highest BCUT2D eigenvalue weighted by atomic mass is 32.2. The summed E-state index contributed by atoms with van der Waals surface area (Å²) in [4.78, 5) is 17.0. The van der Waals surface area contributed by atoms with Crippen molar-refractivity contribution in [3.8, 4) is 0 Å². The zero-order chi connectivity index (χ0) is 23.1. The highest BCUT2D eigenvalue weighted by Crippen LogP contribution is 2.21. The lowest BCUT2D eigenvalue weighted by molar-refractivity contribution is 0.102. The van der Waals surface area contributed by atoms with Crippen LogP contribution in [0.4, 0.5) is 5.69 Å². The van der Waals surface area contributed by atoms with E-state index in [1.165, 1.54) is 30.5 Å². The van der Waals surface area contributed by atoms with Gasteiger partial charge in [0.05, 0.1) is 34.5 Å². The maximum absolute atomic E-state index is 12.7. The molecule has 0 aliphatic carbocycles. The molecule has 3 heterocycles. The molecule has 1 atom stereocenters. The maximum atomic E-state index is 12.7. The summed E-state index contributed by atoms with van der Waals surface area (Å²) in [6, 6.07) is 6.78. The van der Waals surface area contributed by atoms with Crippen molar-refractivity contribution < 1.29 is 21.6 Å². The van der Waals surface area contributed by atoms with Gasteiger partial charge in [0.15, 0.2) is 15.5 Å². The summed E-state index contributed by atoms with van der Waals surface area (Å²) in [5.74, 6) is -0.769. The van der Waals surface area contributed by atoms with Crippen molar-refractivity contribution in [1.29, 1.82) is 0 Å².